The SMILES string of the molecule is CC(C)c1cc(Br)cc(C(C)C)c1[O-].CC(C)c1cc(Br)cc(C(C)C)c1[O-].CC(C)c1cc(Br)cc(C(C)C)c1[O-].[Bi+3]. The first kappa shape index (κ1) is 42.4. The quantitative estimate of drug-likeness (QED) is 0.231. The largest absolute Gasteiger partial charge is 3.00 e. The van der Waals surface area contributed by atoms with E-state index in [1.54, 1.807) is 0 Å². The van der Waals surface area contributed by atoms with Crippen molar-refractivity contribution in [3.63, 3.8) is 0 Å². The zero-order chi connectivity index (χ0) is 32.6. The molecule has 0 aliphatic rings. The van der Waals surface area contributed by atoms with Gasteiger partial charge in [0, 0.05) is 13.4 Å². The smallest absolute Gasteiger partial charge is 0.872 e. The van der Waals surface area contributed by atoms with Crippen molar-refractivity contribution in [1.29, 1.82) is 0 Å². The molecule has 2 radical (unpaired) electrons. The summed E-state index contributed by atoms with van der Waals surface area (Å²) in [6.07, 6.45) is 0. The molecule has 0 saturated heterocycles. The van der Waals surface area contributed by atoms with Crippen molar-refractivity contribution < 1.29 is 15.3 Å². The Morgan fingerprint density at radius 2 is 0.465 bits per heavy atom. The van der Waals surface area contributed by atoms with Crippen LogP contribution in [0.1, 0.15) is 152 Å². The average molecular weight is 977 g/mol. The van der Waals surface area contributed by atoms with Crippen LogP contribution in [-0.2, 0) is 0 Å². The van der Waals surface area contributed by atoms with Gasteiger partial charge in [0.25, 0.3) is 0 Å². The normalized spacial score (nSPS) is 11.1. The van der Waals surface area contributed by atoms with Crippen LogP contribution in [-0.4, -0.2) is 26.2 Å². The number of rotatable bonds is 6. The molecule has 3 nitrogen and oxygen atoms in total. The molecule has 0 fully saturated rings. The van der Waals surface area contributed by atoms with Crippen molar-refractivity contribution >= 4 is 74.0 Å². The predicted octanol–water partition coefficient (Wildman–Crippen LogP) is 10.9. The maximum Gasteiger partial charge on any atom is 3.00 e. The number of hydrogen-bond acceptors (Lipinski definition) is 3. The van der Waals surface area contributed by atoms with Gasteiger partial charge in [0.1, 0.15) is 0 Å². The maximum absolute atomic E-state index is 12.0. The van der Waals surface area contributed by atoms with Gasteiger partial charge in [-0.1, -0.05) is 164 Å². The molecule has 0 aliphatic heterocycles. The second-order valence-corrected chi connectivity index (χ2v) is 15.4. The minimum Gasteiger partial charge on any atom is -0.872 e. The molecular weight excluding hydrogens is 929 g/mol. The maximum atomic E-state index is 12.0. The monoisotopic (exact) mass is 974 g/mol. The molecule has 0 bridgehead atoms. The van der Waals surface area contributed by atoms with E-state index in [0.717, 1.165) is 46.8 Å². The van der Waals surface area contributed by atoms with Crippen LogP contribution in [0.3, 0.4) is 0 Å². The van der Waals surface area contributed by atoms with Crippen molar-refractivity contribution in [3.05, 3.63) is 83.2 Å². The van der Waals surface area contributed by atoms with Crippen LogP contribution < -0.4 is 15.3 Å². The van der Waals surface area contributed by atoms with Crippen LogP contribution in [0.2, 0.25) is 0 Å². The summed E-state index contributed by atoms with van der Waals surface area (Å²) >= 11 is 10.3. The van der Waals surface area contributed by atoms with E-state index in [9.17, 15) is 15.3 Å². The van der Waals surface area contributed by atoms with E-state index < -0.39 is 0 Å². The minimum atomic E-state index is 0. The summed E-state index contributed by atoms with van der Waals surface area (Å²) in [6.45, 7) is 24.6. The Balaban J connectivity index is 0.000000608. The third-order valence-corrected chi connectivity index (χ3v) is 8.44. The van der Waals surface area contributed by atoms with E-state index in [0.29, 0.717) is 0 Å². The fraction of sp³-hybridized carbons (Fsp3) is 0.500. The fourth-order valence-electron chi connectivity index (χ4n) is 4.48. The van der Waals surface area contributed by atoms with Gasteiger partial charge in [0.2, 0.25) is 0 Å². The van der Waals surface area contributed by atoms with E-state index in [4.69, 9.17) is 0 Å². The molecule has 0 aromatic heterocycles. The van der Waals surface area contributed by atoms with Gasteiger partial charge in [-0.25, -0.2) is 0 Å². The van der Waals surface area contributed by atoms with Gasteiger partial charge >= 0.3 is 26.2 Å². The molecule has 3 aromatic rings. The third-order valence-electron chi connectivity index (χ3n) is 7.07. The molecule has 0 unspecified atom stereocenters. The molecule has 0 amide bonds. The minimum absolute atomic E-state index is 0. The van der Waals surface area contributed by atoms with E-state index in [1.165, 1.54) is 0 Å². The zero-order valence-electron chi connectivity index (χ0n) is 27.7. The van der Waals surface area contributed by atoms with Crippen molar-refractivity contribution in [3.8, 4) is 17.2 Å². The standard InChI is InChI=1S/3C12H17BrO.Bi/c3*1-7(2)10-5-9(13)6-11(8(3)4)12(10)14;/h3*5-8,14H,1-4H3;/q;;;+3/p-3. The third kappa shape index (κ3) is 12.6. The summed E-state index contributed by atoms with van der Waals surface area (Å²) in [5.41, 5.74) is 5.43. The summed E-state index contributed by atoms with van der Waals surface area (Å²) in [7, 11) is 0. The Morgan fingerprint density at radius 1 is 0.349 bits per heavy atom. The van der Waals surface area contributed by atoms with Crippen LogP contribution in [0.5, 0.6) is 17.2 Å². The Bertz CT molecular complexity index is 1070. The van der Waals surface area contributed by atoms with Crippen LogP contribution in [0.25, 0.3) is 0 Å². The molecule has 0 N–H and O–H groups in total. The topological polar surface area (TPSA) is 69.2 Å². The Hall–Kier alpha value is -0.617. The van der Waals surface area contributed by atoms with Crippen LogP contribution in [0, 0.1) is 0 Å². The molecule has 43 heavy (non-hydrogen) atoms. The molecule has 7 heteroatoms. The van der Waals surface area contributed by atoms with Gasteiger partial charge in [0.15, 0.2) is 0 Å². The fourth-order valence-corrected chi connectivity index (χ4v) is 5.96. The summed E-state index contributed by atoms with van der Waals surface area (Å²) in [4.78, 5) is 0. The Labute approximate surface area is 305 Å². The molecule has 0 saturated carbocycles. The van der Waals surface area contributed by atoms with E-state index in [1.807, 2.05) is 119 Å². The van der Waals surface area contributed by atoms with Crippen LogP contribution >= 0.6 is 47.8 Å². The molecule has 3 aromatic carbocycles. The first-order chi connectivity index (χ1) is 19.3. The van der Waals surface area contributed by atoms with Gasteiger partial charge in [-0.05, 0) is 71.9 Å². The van der Waals surface area contributed by atoms with Crippen LogP contribution in [0.4, 0.5) is 0 Å². The second-order valence-electron chi connectivity index (χ2n) is 12.7. The van der Waals surface area contributed by atoms with Crippen molar-refractivity contribution in [2.75, 3.05) is 0 Å². The van der Waals surface area contributed by atoms with E-state index in [2.05, 4.69) is 47.8 Å². The van der Waals surface area contributed by atoms with E-state index >= 15 is 0 Å². The summed E-state index contributed by atoms with van der Waals surface area (Å²) in [5, 5.41) is 35.9. The molecular formula is C36H48BiBr3O3. The van der Waals surface area contributed by atoms with Gasteiger partial charge in [-0.3, -0.25) is 0 Å². The molecule has 3 rings (SSSR count). The Morgan fingerprint density at radius 3 is 0.558 bits per heavy atom. The van der Waals surface area contributed by atoms with Gasteiger partial charge < -0.3 is 15.3 Å². The molecule has 0 spiro atoms. The van der Waals surface area contributed by atoms with Gasteiger partial charge in [-0.15, -0.1) is 17.2 Å². The van der Waals surface area contributed by atoms with Gasteiger partial charge in [0.05, 0.1) is 0 Å². The van der Waals surface area contributed by atoms with Gasteiger partial charge in [-0.2, -0.15) is 0 Å². The second kappa shape index (κ2) is 19.1. The van der Waals surface area contributed by atoms with Crippen LogP contribution in [0.15, 0.2) is 49.8 Å². The number of hydrogen-bond donors (Lipinski definition) is 0. The van der Waals surface area contributed by atoms with Crippen molar-refractivity contribution in [1.82, 2.24) is 0 Å². The summed E-state index contributed by atoms with van der Waals surface area (Å²) in [6, 6.07) is 11.6. The Kier molecular flexibility index (Phi) is 18.9. The number of benzene rings is 3. The molecule has 0 aliphatic carbocycles. The number of halogens is 3. The first-order valence-electron chi connectivity index (χ1n) is 14.8. The average Bonchev–Trinajstić information content (AvgIpc) is 2.87. The predicted molar refractivity (Wildman–Crippen MR) is 191 cm³/mol. The first-order valence-corrected chi connectivity index (χ1v) is 17.2. The van der Waals surface area contributed by atoms with E-state index in [-0.39, 0.29) is 79.0 Å². The zero-order valence-corrected chi connectivity index (χ0v) is 36.0. The molecule has 236 valence electrons. The molecule has 0 atom stereocenters. The van der Waals surface area contributed by atoms with Crippen molar-refractivity contribution in [2.45, 2.75) is 119 Å². The van der Waals surface area contributed by atoms with Crippen molar-refractivity contribution in [2.24, 2.45) is 0 Å². The summed E-state index contributed by atoms with van der Waals surface area (Å²) < 4.78 is 3.01. The molecule has 0 heterocycles. The summed E-state index contributed by atoms with van der Waals surface area (Å²) in [5.74, 6) is 2.36.